The molecule has 1 atom stereocenters. The molecule has 1 fully saturated rings. The molecule has 4 heteroatoms. The van der Waals surface area contributed by atoms with Crippen LogP contribution in [-0.4, -0.2) is 24.0 Å². The van der Waals surface area contributed by atoms with Gasteiger partial charge < -0.3 is 10.2 Å². The van der Waals surface area contributed by atoms with Crippen LogP contribution < -0.4 is 5.32 Å². The molecule has 1 aromatic carbocycles. The van der Waals surface area contributed by atoms with Crippen LogP contribution in [0.25, 0.3) is 10.1 Å². The topological polar surface area (TPSA) is 32.3 Å². The smallest absolute Gasteiger partial charge is 0.317 e. The summed E-state index contributed by atoms with van der Waals surface area (Å²) in [6, 6.07) is 8.45. The molecule has 94 valence electrons. The van der Waals surface area contributed by atoms with E-state index in [0.717, 1.165) is 19.5 Å². The first-order chi connectivity index (χ1) is 8.75. The molecule has 1 unspecified atom stereocenters. The zero-order valence-electron chi connectivity index (χ0n) is 10.3. The van der Waals surface area contributed by atoms with E-state index < -0.39 is 0 Å². The predicted octanol–water partition coefficient (Wildman–Crippen LogP) is 3.38. The van der Waals surface area contributed by atoms with Gasteiger partial charge in [-0.05, 0) is 35.7 Å². The van der Waals surface area contributed by atoms with Gasteiger partial charge in [0.2, 0.25) is 0 Å². The van der Waals surface area contributed by atoms with Crippen LogP contribution in [0.3, 0.4) is 0 Å². The molecule has 1 saturated heterocycles. The summed E-state index contributed by atoms with van der Waals surface area (Å²) in [5, 5.41) is 6.46. The normalized spacial score (nSPS) is 16.4. The van der Waals surface area contributed by atoms with Crippen molar-refractivity contribution in [2.45, 2.75) is 19.4 Å². The molecule has 1 aliphatic rings. The zero-order valence-corrected chi connectivity index (χ0v) is 11.2. The van der Waals surface area contributed by atoms with Crippen molar-refractivity contribution in [2.24, 2.45) is 0 Å². The molecule has 3 nitrogen and oxygen atoms in total. The minimum Gasteiger partial charge on any atom is -0.331 e. The summed E-state index contributed by atoms with van der Waals surface area (Å²) >= 11 is 1.73. The van der Waals surface area contributed by atoms with E-state index >= 15 is 0 Å². The van der Waals surface area contributed by atoms with Crippen LogP contribution in [-0.2, 0) is 0 Å². The SMILES string of the molecule is CC(NC(=O)N1CCC1)c1csc2ccccc12. The number of amides is 2. The van der Waals surface area contributed by atoms with E-state index in [9.17, 15) is 4.79 Å². The fraction of sp³-hybridized carbons (Fsp3) is 0.357. The molecule has 1 aromatic heterocycles. The molecule has 18 heavy (non-hydrogen) atoms. The standard InChI is InChI=1S/C14H16N2OS/c1-10(15-14(17)16-7-4-8-16)12-9-18-13-6-3-2-5-11(12)13/h2-3,5-6,9-10H,4,7-8H2,1H3,(H,15,17). The fourth-order valence-corrected chi connectivity index (χ4v) is 3.26. The van der Waals surface area contributed by atoms with Crippen molar-refractivity contribution in [3.8, 4) is 0 Å². The Balaban J connectivity index is 1.79. The van der Waals surface area contributed by atoms with E-state index in [1.54, 1.807) is 11.3 Å². The largest absolute Gasteiger partial charge is 0.331 e. The molecular formula is C14H16N2OS. The molecule has 0 radical (unpaired) electrons. The van der Waals surface area contributed by atoms with E-state index in [1.165, 1.54) is 15.6 Å². The number of carbonyl (C=O) groups excluding carboxylic acids is 1. The lowest BCUT2D eigenvalue weighted by molar-refractivity contribution is 0.164. The molecular weight excluding hydrogens is 244 g/mol. The molecule has 2 aromatic rings. The highest BCUT2D eigenvalue weighted by Gasteiger charge is 2.22. The van der Waals surface area contributed by atoms with Crippen LogP contribution >= 0.6 is 11.3 Å². The highest BCUT2D eigenvalue weighted by atomic mass is 32.1. The summed E-state index contributed by atoms with van der Waals surface area (Å²) in [5.41, 5.74) is 1.21. The van der Waals surface area contributed by atoms with Crippen molar-refractivity contribution < 1.29 is 4.79 Å². The number of nitrogens with one attached hydrogen (secondary N) is 1. The lowest BCUT2D eigenvalue weighted by atomic mass is 10.1. The monoisotopic (exact) mass is 260 g/mol. The van der Waals surface area contributed by atoms with E-state index in [-0.39, 0.29) is 12.1 Å². The van der Waals surface area contributed by atoms with Crippen molar-refractivity contribution in [1.29, 1.82) is 0 Å². The average Bonchev–Trinajstić information content (AvgIpc) is 2.69. The highest BCUT2D eigenvalue weighted by Crippen LogP contribution is 2.30. The fourth-order valence-electron chi connectivity index (χ4n) is 2.21. The maximum absolute atomic E-state index is 11.9. The maximum Gasteiger partial charge on any atom is 0.317 e. The van der Waals surface area contributed by atoms with Gasteiger partial charge in [-0.15, -0.1) is 11.3 Å². The summed E-state index contributed by atoms with van der Waals surface area (Å²) < 4.78 is 1.28. The zero-order chi connectivity index (χ0) is 12.5. The van der Waals surface area contributed by atoms with Gasteiger partial charge in [0.1, 0.15) is 0 Å². The molecule has 0 aliphatic carbocycles. The lowest BCUT2D eigenvalue weighted by Crippen LogP contribution is -2.48. The minimum absolute atomic E-state index is 0.0593. The highest BCUT2D eigenvalue weighted by molar-refractivity contribution is 7.17. The van der Waals surface area contributed by atoms with Crippen molar-refractivity contribution in [3.05, 3.63) is 35.2 Å². The lowest BCUT2D eigenvalue weighted by Gasteiger charge is -2.32. The van der Waals surface area contributed by atoms with Crippen LogP contribution in [0, 0.1) is 0 Å². The van der Waals surface area contributed by atoms with E-state index in [1.807, 2.05) is 24.0 Å². The number of hydrogen-bond acceptors (Lipinski definition) is 2. The van der Waals surface area contributed by atoms with Gasteiger partial charge in [0, 0.05) is 17.8 Å². The number of hydrogen-bond donors (Lipinski definition) is 1. The Labute approximate surface area is 110 Å². The first-order valence-corrected chi connectivity index (χ1v) is 7.15. The molecule has 1 N–H and O–H groups in total. The molecule has 2 amide bonds. The van der Waals surface area contributed by atoms with Crippen LogP contribution in [0.4, 0.5) is 4.79 Å². The molecule has 0 bridgehead atoms. The molecule has 0 spiro atoms. The first kappa shape index (κ1) is 11.5. The van der Waals surface area contributed by atoms with Gasteiger partial charge in [0.15, 0.2) is 0 Å². The Morgan fingerprint density at radius 3 is 2.89 bits per heavy atom. The Bertz CT molecular complexity index is 574. The van der Waals surface area contributed by atoms with Crippen molar-refractivity contribution in [3.63, 3.8) is 0 Å². The summed E-state index contributed by atoms with van der Waals surface area (Å²) in [7, 11) is 0. The number of thiophene rings is 1. The summed E-state index contributed by atoms with van der Waals surface area (Å²) in [6.45, 7) is 3.83. The van der Waals surface area contributed by atoms with Gasteiger partial charge in [-0.1, -0.05) is 18.2 Å². The van der Waals surface area contributed by atoms with Gasteiger partial charge in [0.25, 0.3) is 0 Å². The van der Waals surface area contributed by atoms with Crippen LogP contribution in [0.15, 0.2) is 29.6 Å². The van der Waals surface area contributed by atoms with Gasteiger partial charge in [-0.25, -0.2) is 4.79 Å². The van der Waals surface area contributed by atoms with E-state index in [2.05, 4.69) is 22.8 Å². The number of carbonyl (C=O) groups is 1. The van der Waals surface area contributed by atoms with Crippen LogP contribution in [0.1, 0.15) is 24.9 Å². The molecule has 1 aliphatic heterocycles. The third kappa shape index (κ3) is 1.97. The van der Waals surface area contributed by atoms with Gasteiger partial charge in [-0.3, -0.25) is 0 Å². The number of rotatable bonds is 2. The van der Waals surface area contributed by atoms with Gasteiger partial charge >= 0.3 is 6.03 Å². The number of nitrogens with zero attached hydrogens (tertiary/aromatic N) is 1. The van der Waals surface area contributed by atoms with Gasteiger partial charge in [-0.2, -0.15) is 0 Å². The van der Waals surface area contributed by atoms with Gasteiger partial charge in [0.05, 0.1) is 6.04 Å². The Morgan fingerprint density at radius 2 is 2.17 bits per heavy atom. The quantitative estimate of drug-likeness (QED) is 0.882. The van der Waals surface area contributed by atoms with E-state index in [4.69, 9.17) is 0 Å². The first-order valence-electron chi connectivity index (χ1n) is 6.27. The van der Waals surface area contributed by atoms with Crippen molar-refractivity contribution in [1.82, 2.24) is 10.2 Å². The van der Waals surface area contributed by atoms with Crippen LogP contribution in [0.5, 0.6) is 0 Å². The Kier molecular flexibility index (Phi) is 2.96. The van der Waals surface area contributed by atoms with E-state index in [0.29, 0.717) is 0 Å². The summed E-state index contributed by atoms with van der Waals surface area (Å²) in [5.74, 6) is 0. The second kappa shape index (κ2) is 4.61. The number of urea groups is 1. The van der Waals surface area contributed by atoms with Crippen molar-refractivity contribution >= 4 is 27.5 Å². The molecule has 2 heterocycles. The number of likely N-dealkylation sites (tertiary alicyclic amines) is 1. The molecule has 3 rings (SSSR count). The molecule has 0 saturated carbocycles. The maximum atomic E-state index is 11.9. The van der Waals surface area contributed by atoms with Crippen LogP contribution in [0.2, 0.25) is 0 Å². The second-order valence-electron chi connectivity index (χ2n) is 4.70. The van der Waals surface area contributed by atoms with Crippen molar-refractivity contribution in [2.75, 3.05) is 13.1 Å². The third-order valence-electron chi connectivity index (χ3n) is 3.46. The number of benzene rings is 1. The Morgan fingerprint density at radius 1 is 1.39 bits per heavy atom. The average molecular weight is 260 g/mol. The minimum atomic E-state index is 0.0593. The predicted molar refractivity (Wildman–Crippen MR) is 75.0 cm³/mol. The summed E-state index contributed by atoms with van der Waals surface area (Å²) in [6.07, 6.45) is 1.13. The number of fused-ring (bicyclic) bond motifs is 1. The third-order valence-corrected chi connectivity index (χ3v) is 4.44. The summed E-state index contributed by atoms with van der Waals surface area (Å²) in [4.78, 5) is 13.7. The second-order valence-corrected chi connectivity index (χ2v) is 5.61. The Hall–Kier alpha value is -1.55.